The molecule has 0 aliphatic carbocycles. The summed E-state index contributed by atoms with van der Waals surface area (Å²) in [6.07, 6.45) is 3.98. The van der Waals surface area contributed by atoms with Gasteiger partial charge in [-0.2, -0.15) is 0 Å². The number of nitrogens with zero attached hydrogens (tertiary/aromatic N) is 2. The van der Waals surface area contributed by atoms with Crippen LogP contribution in [0.3, 0.4) is 0 Å². The van der Waals surface area contributed by atoms with Crippen LogP contribution in [0.25, 0.3) is 0 Å². The largest absolute Gasteiger partial charge is 0.373 e. The molecule has 1 atom stereocenters. The first kappa shape index (κ1) is 10.9. The number of amides is 1. The van der Waals surface area contributed by atoms with Crippen LogP contribution < -0.4 is 5.32 Å². The van der Waals surface area contributed by atoms with Crippen LogP contribution in [0.5, 0.6) is 0 Å². The van der Waals surface area contributed by atoms with E-state index in [9.17, 15) is 4.79 Å². The molecule has 1 aliphatic rings. The van der Waals surface area contributed by atoms with Gasteiger partial charge in [-0.25, -0.2) is 4.98 Å². The number of hydrogen-bond acceptors (Lipinski definition) is 3. The van der Waals surface area contributed by atoms with Gasteiger partial charge in [-0.05, 0) is 24.5 Å². The molecule has 0 saturated carbocycles. The lowest BCUT2D eigenvalue weighted by atomic mass is 10.1. The minimum absolute atomic E-state index is 0.153. The van der Waals surface area contributed by atoms with Crippen LogP contribution in [-0.2, 0) is 4.79 Å². The lowest BCUT2D eigenvalue weighted by molar-refractivity contribution is -0.129. The van der Waals surface area contributed by atoms with E-state index in [4.69, 9.17) is 0 Å². The molecule has 1 aromatic heterocycles. The number of rotatable bonds is 2. The van der Waals surface area contributed by atoms with Crippen molar-refractivity contribution in [3.63, 3.8) is 0 Å². The predicted octanol–water partition coefficient (Wildman–Crippen LogP) is 1.81. The second kappa shape index (κ2) is 4.51. The minimum Gasteiger partial charge on any atom is -0.373 e. The van der Waals surface area contributed by atoms with E-state index in [0.717, 1.165) is 30.8 Å². The fourth-order valence-electron chi connectivity index (χ4n) is 2.24. The molecule has 1 aliphatic heterocycles. The summed E-state index contributed by atoms with van der Waals surface area (Å²) >= 11 is 0. The van der Waals surface area contributed by atoms with E-state index < -0.39 is 0 Å². The molecule has 0 unspecified atom stereocenters. The third kappa shape index (κ3) is 2.01. The first-order valence-electron chi connectivity index (χ1n) is 5.63. The molecule has 1 N–H and O–H groups in total. The van der Waals surface area contributed by atoms with Crippen LogP contribution in [0.2, 0.25) is 0 Å². The van der Waals surface area contributed by atoms with E-state index in [1.165, 1.54) is 0 Å². The fourth-order valence-corrected chi connectivity index (χ4v) is 2.24. The van der Waals surface area contributed by atoms with Crippen molar-refractivity contribution >= 4 is 11.7 Å². The molecule has 16 heavy (non-hydrogen) atoms. The van der Waals surface area contributed by atoms with Crippen LogP contribution in [0.1, 0.15) is 31.4 Å². The van der Waals surface area contributed by atoms with Crippen LogP contribution in [0.15, 0.2) is 18.3 Å². The van der Waals surface area contributed by atoms with Gasteiger partial charge in [0.1, 0.15) is 5.82 Å². The standard InChI is InChI=1S/C12H17N3O/c1-9(16)15-7-3-4-11(15)10-5-6-12(13-2)14-8-10/h5-6,8,11H,3-4,7H2,1-2H3,(H,13,14)/t11-/m1/s1. The zero-order valence-corrected chi connectivity index (χ0v) is 9.73. The normalized spacial score (nSPS) is 19.9. The summed E-state index contributed by atoms with van der Waals surface area (Å²) in [5, 5.41) is 2.99. The molecule has 1 fully saturated rings. The maximum absolute atomic E-state index is 11.4. The molecular weight excluding hydrogens is 202 g/mol. The molecule has 0 aromatic carbocycles. The highest BCUT2D eigenvalue weighted by molar-refractivity contribution is 5.74. The van der Waals surface area contributed by atoms with E-state index in [2.05, 4.69) is 10.3 Å². The molecule has 1 amide bonds. The third-order valence-electron chi connectivity index (χ3n) is 3.08. The van der Waals surface area contributed by atoms with Gasteiger partial charge >= 0.3 is 0 Å². The van der Waals surface area contributed by atoms with Crippen molar-refractivity contribution in [2.24, 2.45) is 0 Å². The van der Waals surface area contributed by atoms with Gasteiger partial charge < -0.3 is 10.2 Å². The number of hydrogen-bond donors (Lipinski definition) is 1. The Morgan fingerprint density at radius 1 is 1.56 bits per heavy atom. The number of aromatic nitrogens is 1. The Hall–Kier alpha value is -1.58. The van der Waals surface area contributed by atoms with Crippen molar-refractivity contribution in [3.05, 3.63) is 23.9 Å². The SMILES string of the molecule is CNc1ccc([C@H]2CCCN2C(C)=O)cn1. The lowest BCUT2D eigenvalue weighted by Crippen LogP contribution is -2.28. The maximum atomic E-state index is 11.4. The number of carbonyl (C=O) groups is 1. The fraction of sp³-hybridized carbons (Fsp3) is 0.500. The van der Waals surface area contributed by atoms with E-state index in [1.54, 1.807) is 6.92 Å². The predicted molar refractivity (Wildman–Crippen MR) is 63.1 cm³/mol. The first-order chi connectivity index (χ1) is 7.72. The molecule has 0 radical (unpaired) electrons. The van der Waals surface area contributed by atoms with Gasteiger partial charge in [0.2, 0.25) is 5.91 Å². The Labute approximate surface area is 95.7 Å². The molecular formula is C12H17N3O. The second-order valence-corrected chi connectivity index (χ2v) is 4.10. The van der Waals surface area contributed by atoms with E-state index in [-0.39, 0.29) is 11.9 Å². The molecule has 2 rings (SSSR count). The number of pyridine rings is 1. The summed E-state index contributed by atoms with van der Waals surface area (Å²) in [5.41, 5.74) is 1.13. The second-order valence-electron chi connectivity index (χ2n) is 4.10. The van der Waals surface area contributed by atoms with Gasteiger partial charge in [0.15, 0.2) is 0 Å². The van der Waals surface area contributed by atoms with Gasteiger partial charge in [0.25, 0.3) is 0 Å². The monoisotopic (exact) mass is 219 g/mol. The summed E-state index contributed by atoms with van der Waals surface area (Å²) in [5.74, 6) is 1.01. The van der Waals surface area contributed by atoms with E-state index >= 15 is 0 Å². The number of carbonyl (C=O) groups excluding carboxylic acids is 1. The molecule has 1 saturated heterocycles. The maximum Gasteiger partial charge on any atom is 0.219 e. The first-order valence-corrected chi connectivity index (χ1v) is 5.63. The molecule has 1 aromatic rings. The lowest BCUT2D eigenvalue weighted by Gasteiger charge is -2.23. The summed E-state index contributed by atoms with van der Waals surface area (Å²) in [4.78, 5) is 17.7. The summed E-state index contributed by atoms with van der Waals surface area (Å²) in [6.45, 7) is 2.50. The number of anilines is 1. The highest BCUT2D eigenvalue weighted by atomic mass is 16.2. The number of nitrogens with one attached hydrogen (secondary N) is 1. The average molecular weight is 219 g/mol. The molecule has 86 valence electrons. The van der Waals surface area contributed by atoms with Crippen molar-refractivity contribution in [2.75, 3.05) is 18.9 Å². The number of likely N-dealkylation sites (tertiary alicyclic amines) is 1. The minimum atomic E-state index is 0.153. The van der Waals surface area contributed by atoms with Gasteiger partial charge in [-0.3, -0.25) is 4.79 Å². The summed E-state index contributed by atoms with van der Waals surface area (Å²) in [7, 11) is 1.85. The van der Waals surface area contributed by atoms with Gasteiger partial charge in [-0.15, -0.1) is 0 Å². The smallest absolute Gasteiger partial charge is 0.219 e. The van der Waals surface area contributed by atoms with Crippen molar-refractivity contribution in [3.8, 4) is 0 Å². The summed E-state index contributed by atoms with van der Waals surface area (Å²) in [6, 6.07) is 4.22. The molecule has 0 spiro atoms. The Balaban J connectivity index is 2.19. The molecule has 0 bridgehead atoms. The van der Waals surface area contributed by atoms with Crippen molar-refractivity contribution in [1.29, 1.82) is 0 Å². The van der Waals surface area contributed by atoms with Gasteiger partial charge in [0.05, 0.1) is 6.04 Å². The zero-order valence-electron chi connectivity index (χ0n) is 9.73. The van der Waals surface area contributed by atoms with Crippen LogP contribution in [-0.4, -0.2) is 29.4 Å². The Morgan fingerprint density at radius 3 is 2.94 bits per heavy atom. The summed E-state index contributed by atoms with van der Waals surface area (Å²) < 4.78 is 0. The van der Waals surface area contributed by atoms with Gasteiger partial charge in [-0.1, -0.05) is 6.07 Å². The third-order valence-corrected chi connectivity index (χ3v) is 3.08. The van der Waals surface area contributed by atoms with Crippen molar-refractivity contribution < 1.29 is 4.79 Å². The Kier molecular flexibility index (Phi) is 3.08. The van der Waals surface area contributed by atoms with Gasteiger partial charge in [0, 0.05) is 26.7 Å². The van der Waals surface area contributed by atoms with E-state index in [0.29, 0.717) is 0 Å². The van der Waals surface area contributed by atoms with E-state index in [1.807, 2.05) is 30.3 Å². The quantitative estimate of drug-likeness (QED) is 0.825. The highest BCUT2D eigenvalue weighted by Gasteiger charge is 2.27. The zero-order chi connectivity index (χ0) is 11.5. The van der Waals surface area contributed by atoms with Crippen LogP contribution >= 0.6 is 0 Å². The van der Waals surface area contributed by atoms with Crippen molar-refractivity contribution in [2.45, 2.75) is 25.8 Å². The molecule has 2 heterocycles. The van der Waals surface area contributed by atoms with Crippen LogP contribution in [0, 0.1) is 0 Å². The molecule has 4 heteroatoms. The molecule has 4 nitrogen and oxygen atoms in total. The van der Waals surface area contributed by atoms with Crippen molar-refractivity contribution in [1.82, 2.24) is 9.88 Å². The Morgan fingerprint density at radius 2 is 2.38 bits per heavy atom. The van der Waals surface area contributed by atoms with Crippen LogP contribution in [0.4, 0.5) is 5.82 Å². The Bertz CT molecular complexity index is 374. The topological polar surface area (TPSA) is 45.2 Å². The average Bonchev–Trinajstić information content (AvgIpc) is 2.78. The highest BCUT2D eigenvalue weighted by Crippen LogP contribution is 2.31.